The molecule has 9 nitrogen and oxygen atoms in total. The van der Waals surface area contributed by atoms with Gasteiger partial charge in [0.25, 0.3) is 17.6 Å². The SMILES string of the molecule is COc1cc2[nH]cc(C(=O)C(=O)N3CCN(C(=O)CC(C)(C)C)CC3)c2cc1C(=O)N1CCC(Cc2ccc(F)cc2)CC1. The Bertz CT molecular complexity index is 1540. The van der Waals surface area contributed by atoms with Gasteiger partial charge in [-0.3, -0.25) is 19.2 Å². The smallest absolute Gasteiger partial charge is 0.295 e. The summed E-state index contributed by atoms with van der Waals surface area (Å²) < 4.78 is 18.8. The molecule has 2 saturated heterocycles. The van der Waals surface area contributed by atoms with E-state index in [4.69, 9.17) is 4.74 Å². The lowest BCUT2D eigenvalue weighted by molar-refractivity contribution is -0.138. The van der Waals surface area contributed by atoms with Crippen molar-refractivity contribution in [3.63, 3.8) is 0 Å². The van der Waals surface area contributed by atoms with E-state index in [2.05, 4.69) is 4.98 Å². The van der Waals surface area contributed by atoms with Crippen molar-refractivity contribution in [3.8, 4) is 5.75 Å². The van der Waals surface area contributed by atoms with Crippen molar-refractivity contribution < 1.29 is 28.3 Å². The lowest BCUT2D eigenvalue weighted by Crippen LogP contribution is -2.52. The molecule has 0 atom stereocenters. The van der Waals surface area contributed by atoms with Crippen LogP contribution in [0, 0.1) is 17.2 Å². The van der Waals surface area contributed by atoms with Crippen LogP contribution in [0.15, 0.2) is 42.6 Å². The van der Waals surface area contributed by atoms with Crippen LogP contribution in [-0.2, 0) is 16.0 Å². The average Bonchev–Trinajstić information content (AvgIpc) is 3.43. The fraction of sp³-hybridized carbons (Fsp3) is 0.471. The molecule has 5 rings (SSSR count). The number of nitrogens with zero attached hydrogens (tertiary/aromatic N) is 3. The van der Waals surface area contributed by atoms with Gasteiger partial charge in [0.2, 0.25) is 5.91 Å². The van der Waals surface area contributed by atoms with Crippen molar-refractivity contribution in [2.24, 2.45) is 11.3 Å². The third-order valence-corrected chi connectivity index (χ3v) is 8.61. The van der Waals surface area contributed by atoms with Crippen LogP contribution in [0.5, 0.6) is 5.75 Å². The number of likely N-dealkylation sites (tertiary alicyclic amines) is 1. The number of ether oxygens (including phenoxy) is 1. The maximum Gasteiger partial charge on any atom is 0.295 e. The number of piperidine rings is 1. The van der Waals surface area contributed by atoms with Gasteiger partial charge in [0.05, 0.1) is 18.2 Å². The van der Waals surface area contributed by atoms with E-state index < -0.39 is 11.7 Å². The van der Waals surface area contributed by atoms with Gasteiger partial charge in [0.15, 0.2) is 0 Å². The van der Waals surface area contributed by atoms with Gasteiger partial charge in [-0.05, 0) is 54.4 Å². The number of aromatic amines is 1. The first-order chi connectivity index (χ1) is 20.9. The van der Waals surface area contributed by atoms with Gasteiger partial charge in [-0.2, -0.15) is 0 Å². The number of benzene rings is 2. The third-order valence-electron chi connectivity index (χ3n) is 8.61. The summed E-state index contributed by atoms with van der Waals surface area (Å²) in [7, 11) is 1.50. The van der Waals surface area contributed by atoms with Gasteiger partial charge in [0, 0.05) is 68.9 Å². The molecule has 2 fully saturated rings. The van der Waals surface area contributed by atoms with E-state index in [9.17, 15) is 23.6 Å². The van der Waals surface area contributed by atoms with Gasteiger partial charge >= 0.3 is 0 Å². The predicted molar refractivity (Wildman–Crippen MR) is 165 cm³/mol. The zero-order valence-corrected chi connectivity index (χ0v) is 26.0. The quantitative estimate of drug-likeness (QED) is 0.311. The number of piperazine rings is 1. The van der Waals surface area contributed by atoms with Crippen molar-refractivity contribution in [1.29, 1.82) is 0 Å². The number of halogens is 1. The number of Topliss-reactive ketones (excluding diaryl/α,β-unsaturated/α-hetero) is 1. The van der Waals surface area contributed by atoms with Crippen molar-refractivity contribution in [2.75, 3.05) is 46.4 Å². The summed E-state index contributed by atoms with van der Waals surface area (Å²) in [5.74, 6) is -0.885. The molecule has 1 aromatic heterocycles. The summed E-state index contributed by atoms with van der Waals surface area (Å²) in [4.78, 5) is 61.1. The van der Waals surface area contributed by atoms with Crippen molar-refractivity contribution in [2.45, 2.75) is 46.5 Å². The summed E-state index contributed by atoms with van der Waals surface area (Å²) in [6.45, 7) is 8.55. The van der Waals surface area contributed by atoms with E-state index in [1.165, 1.54) is 30.3 Å². The maximum atomic E-state index is 13.7. The highest BCUT2D eigenvalue weighted by molar-refractivity contribution is 6.45. The number of hydrogen-bond acceptors (Lipinski definition) is 5. The number of H-pyrrole nitrogens is 1. The highest BCUT2D eigenvalue weighted by Crippen LogP contribution is 2.31. The molecular weight excluding hydrogens is 563 g/mol. The topological polar surface area (TPSA) is 103 Å². The molecule has 0 spiro atoms. The second-order valence-electron chi connectivity index (χ2n) is 13.1. The fourth-order valence-corrected chi connectivity index (χ4v) is 6.12. The van der Waals surface area contributed by atoms with Gasteiger partial charge in [-0.1, -0.05) is 32.9 Å². The molecule has 0 saturated carbocycles. The predicted octanol–water partition coefficient (Wildman–Crippen LogP) is 4.70. The van der Waals surface area contributed by atoms with E-state index in [-0.39, 0.29) is 41.7 Å². The molecule has 3 heterocycles. The number of hydrogen-bond donors (Lipinski definition) is 1. The van der Waals surface area contributed by atoms with E-state index in [1.807, 2.05) is 32.9 Å². The normalized spacial score (nSPS) is 16.3. The van der Waals surface area contributed by atoms with Crippen LogP contribution in [0.2, 0.25) is 0 Å². The minimum Gasteiger partial charge on any atom is -0.496 e. The lowest BCUT2D eigenvalue weighted by Gasteiger charge is -2.35. The molecule has 3 aromatic rings. The van der Waals surface area contributed by atoms with Crippen LogP contribution in [-0.4, -0.2) is 89.6 Å². The first kappa shape index (κ1) is 31.2. The molecule has 2 aliphatic rings. The van der Waals surface area contributed by atoms with Crippen LogP contribution >= 0.6 is 0 Å². The van der Waals surface area contributed by atoms with Crippen molar-refractivity contribution in [1.82, 2.24) is 19.7 Å². The van der Waals surface area contributed by atoms with Gasteiger partial charge in [-0.25, -0.2) is 4.39 Å². The Kier molecular flexibility index (Phi) is 9.08. The van der Waals surface area contributed by atoms with Gasteiger partial charge in [-0.15, -0.1) is 0 Å². The molecule has 10 heteroatoms. The maximum absolute atomic E-state index is 13.7. The van der Waals surface area contributed by atoms with Crippen molar-refractivity contribution >= 4 is 34.4 Å². The third kappa shape index (κ3) is 6.95. The molecule has 2 aliphatic heterocycles. The molecule has 0 radical (unpaired) electrons. The molecule has 0 aliphatic carbocycles. The number of nitrogens with one attached hydrogen (secondary N) is 1. The molecule has 3 amide bonds. The second kappa shape index (κ2) is 12.8. The average molecular weight is 605 g/mol. The van der Waals surface area contributed by atoms with E-state index >= 15 is 0 Å². The largest absolute Gasteiger partial charge is 0.496 e. The molecular formula is C34H41FN4O5. The van der Waals surface area contributed by atoms with Crippen LogP contribution in [0.4, 0.5) is 4.39 Å². The fourth-order valence-electron chi connectivity index (χ4n) is 6.12. The van der Waals surface area contributed by atoms with Crippen molar-refractivity contribution in [3.05, 3.63) is 65.1 Å². The monoisotopic (exact) mass is 604 g/mol. The molecule has 1 N–H and O–H groups in total. The van der Waals surface area contributed by atoms with Crippen LogP contribution in [0.1, 0.15) is 66.3 Å². The van der Waals surface area contributed by atoms with E-state index in [0.29, 0.717) is 60.7 Å². The summed E-state index contributed by atoms with van der Waals surface area (Å²) in [6.07, 6.45) is 4.41. The minimum atomic E-state index is -0.657. The molecule has 0 bridgehead atoms. The van der Waals surface area contributed by atoms with Crippen LogP contribution in [0.25, 0.3) is 10.9 Å². The molecule has 0 unspecified atom stereocenters. The zero-order chi connectivity index (χ0) is 31.6. The number of carbonyl (C=O) groups is 4. The lowest BCUT2D eigenvalue weighted by atomic mass is 9.90. The number of ketones is 1. The summed E-state index contributed by atoms with van der Waals surface area (Å²) in [5.41, 5.74) is 2.08. The van der Waals surface area contributed by atoms with Gasteiger partial charge in [0.1, 0.15) is 11.6 Å². The Morgan fingerprint density at radius 1 is 0.886 bits per heavy atom. The zero-order valence-electron chi connectivity index (χ0n) is 26.0. The minimum absolute atomic E-state index is 0.0517. The molecule has 234 valence electrons. The number of fused-ring (bicyclic) bond motifs is 1. The number of carbonyl (C=O) groups excluding carboxylic acids is 4. The second-order valence-corrected chi connectivity index (χ2v) is 13.1. The van der Waals surface area contributed by atoms with Gasteiger partial charge < -0.3 is 24.4 Å². The molecule has 2 aromatic carbocycles. The summed E-state index contributed by atoms with van der Waals surface area (Å²) in [6, 6.07) is 9.89. The van der Waals surface area contributed by atoms with Crippen LogP contribution < -0.4 is 4.74 Å². The highest BCUT2D eigenvalue weighted by atomic mass is 19.1. The summed E-state index contributed by atoms with van der Waals surface area (Å²) in [5, 5.41) is 0.484. The number of methoxy groups -OCH3 is 1. The summed E-state index contributed by atoms with van der Waals surface area (Å²) >= 11 is 0. The van der Waals surface area contributed by atoms with E-state index in [0.717, 1.165) is 24.8 Å². The first-order valence-corrected chi connectivity index (χ1v) is 15.3. The number of aromatic nitrogens is 1. The van der Waals surface area contributed by atoms with Crippen LogP contribution in [0.3, 0.4) is 0 Å². The highest BCUT2D eigenvalue weighted by Gasteiger charge is 2.32. The standard InChI is InChI=1S/C34H41FN4O5/c1-34(2,3)20-30(40)37-13-15-39(16-14-37)33(43)31(41)27-21-36-28-19-29(44-4)26(18-25(27)28)32(42)38-11-9-23(10-12-38)17-22-5-7-24(35)8-6-22/h5-8,18-19,21,23,36H,9-17,20H2,1-4H3. The van der Waals surface area contributed by atoms with E-state index in [1.54, 1.807) is 21.9 Å². The Balaban J connectivity index is 1.26. The Morgan fingerprint density at radius 2 is 1.52 bits per heavy atom. The number of amides is 3. The first-order valence-electron chi connectivity index (χ1n) is 15.3. The Morgan fingerprint density at radius 3 is 2.14 bits per heavy atom. The Labute approximate surface area is 257 Å². The Hall–Kier alpha value is -4.21. The molecule has 44 heavy (non-hydrogen) atoms. The number of rotatable bonds is 7.